The standard InChI is InChI=1S/C25H20F5N3O.C5H12/c1-13-18(11-15(26)12-20(13)27)14(2)31-24-17-8-6-10-21(34-3)22(17)32-23(33-24)16-7-4-5-9-19(16)25(28,29)30;1-3-5-4-2/h4-12,23,32H,2H2,1,3H3,(H,31,33);3-5H2,1-2H3. The van der Waals surface area contributed by atoms with Crippen LogP contribution in [0.2, 0.25) is 0 Å². The van der Waals surface area contributed by atoms with E-state index in [1.807, 2.05) is 0 Å². The molecule has 0 spiro atoms. The Morgan fingerprint density at radius 2 is 1.74 bits per heavy atom. The van der Waals surface area contributed by atoms with E-state index < -0.39 is 29.5 Å². The Morgan fingerprint density at radius 3 is 2.36 bits per heavy atom. The summed E-state index contributed by atoms with van der Waals surface area (Å²) in [4.78, 5) is 4.47. The molecule has 39 heavy (non-hydrogen) atoms. The molecular formula is C30H32F5N3O. The molecule has 1 unspecified atom stereocenters. The second-order valence-corrected chi connectivity index (χ2v) is 9.01. The predicted octanol–water partition coefficient (Wildman–Crippen LogP) is 8.63. The van der Waals surface area contributed by atoms with Gasteiger partial charge in [0.15, 0.2) is 0 Å². The molecule has 0 amide bonds. The fourth-order valence-electron chi connectivity index (χ4n) is 4.18. The van der Waals surface area contributed by atoms with Crippen LogP contribution in [-0.2, 0) is 6.18 Å². The van der Waals surface area contributed by atoms with Gasteiger partial charge in [-0.15, -0.1) is 0 Å². The molecule has 0 aromatic heterocycles. The van der Waals surface area contributed by atoms with Gasteiger partial charge < -0.3 is 15.4 Å². The van der Waals surface area contributed by atoms with Crippen LogP contribution in [0, 0.1) is 18.6 Å². The van der Waals surface area contributed by atoms with Gasteiger partial charge in [0.2, 0.25) is 0 Å². The number of fused-ring (bicyclic) bond motifs is 1. The number of benzene rings is 3. The van der Waals surface area contributed by atoms with Gasteiger partial charge in [-0.3, -0.25) is 0 Å². The van der Waals surface area contributed by atoms with Crippen molar-refractivity contribution in [2.24, 2.45) is 4.99 Å². The Bertz CT molecular complexity index is 1350. The van der Waals surface area contributed by atoms with Crippen molar-refractivity contribution < 1.29 is 26.7 Å². The Labute approximate surface area is 225 Å². The van der Waals surface area contributed by atoms with Gasteiger partial charge in [-0.2, -0.15) is 13.2 Å². The number of nitrogens with one attached hydrogen (secondary N) is 2. The number of hydrogen-bond donors (Lipinski definition) is 2. The van der Waals surface area contributed by atoms with E-state index in [9.17, 15) is 22.0 Å². The maximum absolute atomic E-state index is 14.1. The number of unbranched alkanes of at least 4 members (excludes halogenated alkanes) is 2. The van der Waals surface area contributed by atoms with Gasteiger partial charge in [-0.05, 0) is 36.8 Å². The van der Waals surface area contributed by atoms with Crippen molar-refractivity contribution in [3.8, 4) is 5.75 Å². The van der Waals surface area contributed by atoms with E-state index in [-0.39, 0.29) is 28.2 Å². The van der Waals surface area contributed by atoms with E-state index in [4.69, 9.17) is 4.74 Å². The number of aliphatic imine (C=N–C) groups is 1. The Kier molecular flexibility index (Phi) is 9.72. The van der Waals surface area contributed by atoms with Crippen LogP contribution in [0.25, 0.3) is 5.70 Å². The summed E-state index contributed by atoms with van der Waals surface area (Å²) in [7, 11) is 1.44. The molecule has 0 fully saturated rings. The smallest absolute Gasteiger partial charge is 0.416 e. The third-order valence-electron chi connectivity index (χ3n) is 6.21. The van der Waals surface area contributed by atoms with E-state index in [2.05, 4.69) is 36.1 Å². The first-order valence-corrected chi connectivity index (χ1v) is 12.6. The molecule has 1 atom stereocenters. The number of anilines is 1. The van der Waals surface area contributed by atoms with E-state index >= 15 is 0 Å². The average molecular weight is 546 g/mol. The van der Waals surface area contributed by atoms with Crippen molar-refractivity contribution in [1.29, 1.82) is 0 Å². The number of nitrogens with zero attached hydrogens (tertiary/aromatic N) is 1. The van der Waals surface area contributed by atoms with E-state index in [1.165, 1.54) is 51.5 Å². The lowest BCUT2D eigenvalue weighted by molar-refractivity contribution is -0.138. The monoisotopic (exact) mass is 545 g/mol. The number of methoxy groups -OCH3 is 1. The predicted molar refractivity (Wildman–Crippen MR) is 146 cm³/mol. The molecule has 1 aliphatic rings. The highest BCUT2D eigenvalue weighted by molar-refractivity contribution is 6.09. The molecule has 0 radical (unpaired) electrons. The minimum Gasteiger partial charge on any atom is -0.495 e. The van der Waals surface area contributed by atoms with Gasteiger partial charge in [0.25, 0.3) is 0 Å². The zero-order valence-corrected chi connectivity index (χ0v) is 22.3. The van der Waals surface area contributed by atoms with Crippen LogP contribution < -0.4 is 15.4 Å². The molecule has 4 rings (SSSR count). The summed E-state index contributed by atoms with van der Waals surface area (Å²) < 4.78 is 74.4. The van der Waals surface area contributed by atoms with Crippen LogP contribution in [-0.4, -0.2) is 12.9 Å². The van der Waals surface area contributed by atoms with Crippen molar-refractivity contribution in [3.63, 3.8) is 0 Å². The molecule has 1 aliphatic heterocycles. The third kappa shape index (κ3) is 6.96. The summed E-state index contributed by atoms with van der Waals surface area (Å²) >= 11 is 0. The molecule has 0 saturated carbocycles. The number of ether oxygens (including phenoxy) is 1. The molecule has 3 aromatic carbocycles. The zero-order chi connectivity index (χ0) is 28.7. The molecule has 1 heterocycles. The van der Waals surface area contributed by atoms with Crippen molar-refractivity contribution in [2.75, 3.05) is 12.4 Å². The maximum atomic E-state index is 14.1. The Hall–Kier alpha value is -3.88. The van der Waals surface area contributed by atoms with Gasteiger partial charge in [-0.1, -0.05) is 64.0 Å². The fraction of sp³-hybridized carbons (Fsp3) is 0.300. The summed E-state index contributed by atoms with van der Waals surface area (Å²) in [5.41, 5.74) is 0.456. The summed E-state index contributed by atoms with van der Waals surface area (Å²) in [5.74, 6) is -0.972. The van der Waals surface area contributed by atoms with Crippen LogP contribution in [0.4, 0.5) is 27.6 Å². The second kappa shape index (κ2) is 12.8. The van der Waals surface area contributed by atoms with Crippen molar-refractivity contribution in [1.82, 2.24) is 5.32 Å². The minimum absolute atomic E-state index is 0.0931. The summed E-state index contributed by atoms with van der Waals surface area (Å²) in [6, 6.07) is 12.0. The highest BCUT2D eigenvalue weighted by atomic mass is 19.4. The molecule has 208 valence electrons. The molecule has 0 bridgehead atoms. The number of alkyl halides is 3. The van der Waals surface area contributed by atoms with E-state index in [0.717, 1.165) is 18.2 Å². The molecule has 0 aliphatic carbocycles. The van der Waals surface area contributed by atoms with Gasteiger partial charge >= 0.3 is 6.18 Å². The number of hydrogen-bond acceptors (Lipinski definition) is 4. The number of halogens is 5. The molecule has 3 aromatic rings. The van der Waals surface area contributed by atoms with E-state index in [1.54, 1.807) is 18.2 Å². The maximum Gasteiger partial charge on any atom is 0.416 e. The van der Waals surface area contributed by atoms with Crippen molar-refractivity contribution in [2.45, 2.75) is 52.4 Å². The fourth-order valence-corrected chi connectivity index (χ4v) is 4.18. The summed E-state index contributed by atoms with van der Waals surface area (Å²) in [6.07, 6.45) is -1.64. The van der Waals surface area contributed by atoms with Crippen LogP contribution in [0.1, 0.15) is 67.1 Å². The van der Waals surface area contributed by atoms with Crippen molar-refractivity contribution in [3.05, 3.63) is 101 Å². The normalized spacial score (nSPS) is 14.3. The number of rotatable bonds is 6. The van der Waals surface area contributed by atoms with Crippen LogP contribution >= 0.6 is 0 Å². The van der Waals surface area contributed by atoms with Crippen LogP contribution in [0.5, 0.6) is 5.75 Å². The third-order valence-corrected chi connectivity index (χ3v) is 6.21. The quantitative estimate of drug-likeness (QED) is 0.305. The number of amidine groups is 1. The van der Waals surface area contributed by atoms with E-state index in [0.29, 0.717) is 17.0 Å². The molecule has 0 saturated heterocycles. The topological polar surface area (TPSA) is 45.7 Å². The SMILES string of the molecule is C=C(NC1=NC(c2ccccc2C(F)(F)F)Nc2c(OC)cccc21)c1cc(F)cc(F)c1C.CCCCC. The van der Waals surface area contributed by atoms with Crippen LogP contribution in [0.3, 0.4) is 0 Å². The Balaban J connectivity index is 0.000000771. The van der Waals surface area contributed by atoms with Crippen molar-refractivity contribution >= 4 is 17.2 Å². The first kappa shape index (κ1) is 29.7. The molecule has 2 N–H and O–H groups in total. The Morgan fingerprint density at radius 1 is 1.05 bits per heavy atom. The number of para-hydroxylation sites is 1. The van der Waals surface area contributed by atoms with Gasteiger partial charge in [0, 0.05) is 28.5 Å². The lowest BCUT2D eigenvalue weighted by atomic mass is 10.0. The highest BCUT2D eigenvalue weighted by Crippen LogP contribution is 2.40. The molecular weight excluding hydrogens is 513 g/mol. The molecule has 9 heteroatoms. The largest absolute Gasteiger partial charge is 0.495 e. The molecule has 4 nitrogen and oxygen atoms in total. The summed E-state index contributed by atoms with van der Waals surface area (Å²) in [5, 5.41) is 5.96. The van der Waals surface area contributed by atoms with Gasteiger partial charge in [-0.25, -0.2) is 13.8 Å². The summed E-state index contributed by atoms with van der Waals surface area (Å²) in [6.45, 7) is 9.77. The lowest BCUT2D eigenvalue weighted by Gasteiger charge is -2.29. The van der Waals surface area contributed by atoms with Gasteiger partial charge in [0.05, 0.1) is 18.4 Å². The highest BCUT2D eigenvalue weighted by Gasteiger charge is 2.36. The lowest BCUT2D eigenvalue weighted by Crippen LogP contribution is -2.31. The van der Waals surface area contributed by atoms with Gasteiger partial charge in [0.1, 0.15) is 29.4 Å². The zero-order valence-electron chi connectivity index (χ0n) is 22.3. The second-order valence-electron chi connectivity index (χ2n) is 9.01. The van der Waals surface area contributed by atoms with Crippen LogP contribution in [0.15, 0.2) is 66.2 Å². The average Bonchev–Trinajstić information content (AvgIpc) is 2.90. The first-order valence-electron chi connectivity index (χ1n) is 12.6. The first-order chi connectivity index (χ1) is 18.5. The minimum atomic E-state index is -4.60.